The topological polar surface area (TPSA) is 58.5 Å². The van der Waals surface area contributed by atoms with Crippen molar-refractivity contribution in [2.75, 3.05) is 26.0 Å². The number of nitrogens with one attached hydrogen (secondary N) is 2. The number of thioether (sulfide) groups is 1. The minimum Gasteiger partial charge on any atom is -0.468 e. The molecule has 1 aromatic rings. The number of alkyl halides is 3. The van der Waals surface area contributed by atoms with Gasteiger partial charge in [0.25, 0.3) is 0 Å². The van der Waals surface area contributed by atoms with Crippen molar-refractivity contribution in [3.63, 3.8) is 0 Å². The van der Waals surface area contributed by atoms with Gasteiger partial charge in [0.05, 0.1) is 6.54 Å². The predicted octanol–water partition coefficient (Wildman–Crippen LogP) is 3.22. The molecule has 25 heavy (non-hydrogen) atoms. The molecular weight excluding hydrogens is 353 g/mol. The minimum absolute atomic E-state index is 0.0332. The summed E-state index contributed by atoms with van der Waals surface area (Å²) in [7, 11) is 0. The van der Waals surface area contributed by atoms with Crippen LogP contribution < -0.4 is 15.4 Å². The van der Waals surface area contributed by atoms with Crippen LogP contribution in [-0.4, -0.2) is 47.8 Å². The number of guanidine groups is 1. The highest BCUT2D eigenvalue weighted by Crippen LogP contribution is 2.21. The van der Waals surface area contributed by atoms with E-state index in [1.54, 1.807) is 23.9 Å². The van der Waals surface area contributed by atoms with E-state index in [0.717, 1.165) is 0 Å². The van der Waals surface area contributed by atoms with E-state index < -0.39 is 12.8 Å². The molecule has 0 saturated carbocycles. The Kier molecular flexibility index (Phi) is 8.34. The monoisotopic (exact) mass is 378 g/mol. The Morgan fingerprint density at radius 3 is 2.64 bits per heavy atom. The summed E-state index contributed by atoms with van der Waals surface area (Å²) in [5, 5.41) is 6.35. The average Bonchev–Trinajstić information content (AvgIpc) is 2.55. The number of ether oxygens (including phenoxy) is 1. The van der Waals surface area contributed by atoms with Crippen LogP contribution in [0.25, 0.3) is 0 Å². The van der Waals surface area contributed by atoms with Crippen LogP contribution in [0.2, 0.25) is 0 Å². The lowest BCUT2D eigenvalue weighted by molar-refractivity contribution is -0.154. The molecular formula is C16H25F3N4OS. The number of aliphatic imine (C=N–C) groups is 1. The van der Waals surface area contributed by atoms with E-state index in [4.69, 9.17) is 4.74 Å². The number of nitrogens with zero attached hydrogens (tertiary/aromatic N) is 2. The Labute approximate surface area is 150 Å². The SMILES string of the molecule is CCNC(=NCc1cccnc1OCC(F)(F)F)NCC(C)(C)SC. The van der Waals surface area contributed by atoms with Gasteiger partial charge in [0.15, 0.2) is 12.6 Å². The molecule has 0 unspecified atom stereocenters. The normalized spacial score (nSPS) is 12.8. The maximum atomic E-state index is 12.3. The molecule has 1 aromatic heterocycles. The molecule has 0 saturated heterocycles. The molecule has 9 heteroatoms. The maximum absolute atomic E-state index is 12.3. The van der Waals surface area contributed by atoms with Crippen LogP contribution in [0.3, 0.4) is 0 Å². The van der Waals surface area contributed by atoms with Crippen molar-refractivity contribution in [1.29, 1.82) is 0 Å². The fourth-order valence-electron chi connectivity index (χ4n) is 1.70. The molecule has 0 spiro atoms. The highest BCUT2D eigenvalue weighted by Gasteiger charge is 2.29. The van der Waals surface area contributed by atoms with Gasteiger partial charge in [0, 0.05) is 29.6 Å². The van der Waals surface area contributed by atoms with Crippen LogP contribution in [0.1, 0.15) is 26.3 Å². The summed E-state index contributed by atoms with van der Waals surface area (Å²) >= 11 is 1.73. The zero-order valence-corrected chi connectivity index (χ0v) is 15.7. The van der Waals surface area contributed by atoms with Gasteiger partial charge in [-0.3, -0.25) is 0 Å². The zero-order valence-electron chi connectivity index (χ0n) is 14.9. The molecule has 0 fully saturated rings. The van der Waals surface area contributed by atoms with Gasteiger partial charge in [-0.15, -0.1) is 0 Å². The number of pyridine rings is 1. The second kappa shape index (κ2) is 9.74. The molecule has 0 radical (unpaired) electrons. The number of halogens is 3. The molecule has 1 rings (SSSR count). The smallest absolute Gasteiger partial charge is 0.422 e. The summed E-state index contributed by atoms with van der Waals surface area (Å²) in [4.78, 5) is 8.28. The van der Waals surface area contributed by atoms with E-state index in [0.29, 0.717) is 24.6 Å². The lowest BCUT2D eigenvalue weighted by atomic mass is 10.2. The third-order valence-electron chi connectivity index (χ3n) is 3.21. The molecule has 2 N–H and O–H groups in total. The number of rotatable bonds is 8. The summed E-state index contributed by atoms with van der Waals surface area (Å²) in [6.45, 7) is 6.33. The number of hydrogen-bond acceptors (Lipinski definition) is 4. The molecule has 0 aliphatic rings. The minimum atomic E-state index is -4.40. The first kappa shape index (κ1) is 21.4. The Hall–Kier alpha value is -1.64. The van der Waals surface area contributed by atoms with Gasteiger partial charge in [-0.05, 0) is 33.1 Å². The summed E-state index contributed by atoms with van der Waals surface area (Å²) in [6, 6.07) is 3.29. The van der Waals surface area contributed by atoms with Crippen LogP contribution in [0.15, 0.2) is 23.3 Å². The van der Waals surface area contributed by atoms with Gasteiger partial charge < -0.3 is 15.4 Å². The largest absolute Gasteiger partial charge is 0.468 e. The third kappa shape index (κ3) is 8.85. The van der Waals surface area contributed by atoms with E-state index >= 15 is 0 Å². The van der Waals surface area contributed by atoms with Crippen molar-refractivity contribution in [2.45, 2.75) is 38.2 Å². The molecule has 0 aliphatic heterocycles. The van der Waals surface area contributed by atoms with Gasteiger partial charge in [0.2, 0.25) is 5.88 Å². The van der Waals surface area contributed by atoms with Crippen LogP contribution in [0.5, 0.6) is 5.88 Å². The molecule has 0 atom stereocenters. The molecule has 1 heterocycles. The summed E-state index contributed by atoms with van der Waals surface area (Å²) < 4.78 is 41.8. The molecule has 0 bridgehead atoms. The Bertz CT molecular complexity index is 565. The first-order valence-electron chi connectivity index (χ1n) is 7.87. The number of aromatic nitrogens is 1. The van der Waals surface area contributed by atoms with Crippen molar-refractivity contribution in [3.8, 4) is 5.88 Å². The number of hydrogen-bond donors (Lipinski definition) is 2. The highest BCUT2D eigenvalue weighted by molar-refractivity contribution is 7.99. The summed E-state index contributed by atoms with van der Waals surface area (Å²) in [6.07, 6.45) is -0.979. The molecule has 0 aromatic carbocycles. The Morgan fingerprint density at radius 2 is 2.04 bits per heavy atom. The van der Waals surface area contributed by atoms with Crippen molar-refractivity contribution in [3.05, 3.63) is 23.9 Å². The van der Waals surface area contributed by atoms with Gasteiger partial charge in [0.1, 0.15) is 0 Å². The van der Waals surface area contributed by atoms with Crippen molar-refractivity contribution in [2.24, 2.45) is 4.99 Å². The first-order valence-corrected chi connectivity index (χ1v) is 9.10. The van der Waals surface area contributed by atoms with Crippen molar-refractivity contribution in [1.82, 2.24) is 15.6 Å². The zero-order chi connectivity index (χ0) is 18.9. The first-order chi connectivity index (χ1) is 11.7. The Balaban J connectivity index is 2.78. The quantitative estimate of drug-likeness (QED) is 0.537. The van der Waals surface area contributed by atoms with E-state index in [2.05, 4.69) is 34.5 Å². The third-order valence-corrected chi connectivity index (χ3v) is 4.46. The van der Waals surface area contributed by atoms with Crippen LogP contribution in [-0.2, 0) is 6.54 Å². The van der Waals surface area contributed by atoms with E-state index in [-0.39, 0.29) is 17.2 Å². The highest BCUT2D eigenvalue weighted by atomic mass is 32.2. The average molecular weight is 378 g/mol. The second-order valence-corrected chi connectivity index (χ2v) is 7.40. The van der Waals surface area contributed by atoms with Gasteiger partial charge in [-0.2, -0.15) is 24.9 Å². The Morgan fingerprint density at radius 1 is 1.32 bits per heavy atom. The lowest BCUT2D eigenvalue weighted by Gasteiger charge is -2.23. The van der Waals surface area contributed by atoms with Crippen molar-refractivity contribution >= 4 is 17.7 Å². The fourth-order valence-corrected chi connectivity index (χ4v) is 1.92. The molecule has 0 amide bonds. The van der Waals surface area contributed by atoms with Gasteiger partial charge >= 0.3 is 6.18 Å². The summed E-state index contributed by atoms with van der Waals surface area (Å²) in [5.41, 5.74) is 0.494. The van der Waals surface area contributed by atoms with Crippen LogP contribution in [0, 0.1) is 0 Å². The van der Waals surface area contributed by atoms with Crippen LogP contribution >= 0.6 is 11.8 Å². The van der Waals surface area contributed by atoms with Gasteiger partial charge in [-0.1, -0.05) is 6.07 Å². The lowest BCUT2D eigenvalue weighted by Crippen LogP contribution is -2.43. The van der Waals surface area contributed by atoms with Crippen molar-refractivity contribution < 1.29 is 17.9 Å². The van der Waals surface area contributed by atoms with E-state index in [1.165, 1.54) is 6.20 Å². The van der Waals surface area contributed by atoms with E-state index in [9.17, 15) is 13.2 Å². The second-order valence-electron chi connectivity index (χ2n) is 5.88. The molecule has 5 nitrogen and oxygen atoms in total. The standard InChI is InChI=1S/C16H25F3N4OS/c1-5-20-14(23-10-15(2,3)25-4)22-9-12-7-6-8-21-13(12)24-11-16(17,18)19/h6-8H,5,9-11H2,1-4H3,(H2,20,22,23). The molecule has 0 aliphatic carbocycles. The molecule has 142 valence electrons. The van der Waals surface area contributed by atoms with Crippen LogP contribution in [0.4, 0.5) is 13.2 Å². The predicted molar refractivity (Wildman–Crippen MR) is 96.2 cm³/mol. The maximum Gasteiger partial charge on any atom is 0.422 e. The van der Waals surface area contributed by atoms with E-state index in [1.807, 2.05) is 13.2 Å². The summed E-state index contributed by atoms with van der Waals surface area (Å²) in [5.74, 6) is 0.541. The van der Waals surface area contributed by atoms with Gasteiger partial charge in [-0.25, -0.2) is 9.98 Å². The fraction of sp³-hybridized carbons (Fsp3) is 0.625.